The van der Waals surface area contributed by atoms with Crippen LogP contribution in [0.1, 0.15) is 284 Å². The molecule has 2 atom stereocenters. The van der Waals surface area contributed by atoms with E-state index in [1.165, 1.54) is 186 Å². The van der Waals surface area contributed by atoms with Gasteiger partial charge in [-0.15, -0.1) is 0 Å². The molecule has 2 unspecified atom stereocenters. The first kappa shape index (κ1) is 58.3. The van der Waals surface area contributed by atoms with Crippen LogP contribution in [0.4, 0.5) is 0 Å². The molecule has 0 aliphatic heterocycles. The van der Waals surface area contributed by atoms with Gasteiger partial charge in [0.05, 0.1) is 25.4 Å². The number of unbranched alkanes of at least 4 members (excludes halogenated alkanes) is 36. The van der Waals surface area contributed by atoms with Gasteiger partial charge in [-0.25, -0.2) is 0 Å². The number of aliphatic hydroxyl groups excluding tert-OH is 2. The quantitative estimate of drug-likeness (QED) is 0.0322. The summed E-state index contributed by atoms with van der Waals surface area (Å²) >= 11 is 0. The van der Waals surface area contributed by atoms with Gasteiger partial charge in [-0.3, -0.25) is 9.59 Å². The van der Waals surface area contributed by atoms with Crippen molar-refractivity contribution in [2.24, 2.45) is 0 Å². The molecule has 0 saturated carbocycles. The van der Waals surface area contributed by atoms with E-state index in [-0.39, 0.29) is 18.5 Å². The Labute approximate surface area is 373 Å². The first-order chi connectivity index (χ1) is 29.5. The molecule has 0 aromatic carbocycles. The van der Waals surface area contributed by atoms with Gasteiger partial charge in [0.1, 0.15) is 0 Å². The number of hydrogen-bond donors (Lipinski definition) is 3. The zero-order valence-electron chi connectivity index (χ0n) is 40.2. The van der Waals surface area contributed by atoms with Crippen LogP contribution < -0.4 is 5.32 Å². The zero-order chi connectivity index (χ0) is 43.7. The predicted octanol–water partition coefficient (Wildman–Crippen LogP) is 15.9. The Morgan fingerprint density at radius 2 is 0.783 bits per heavy atom. The molecule has 1 amide bonds. The van der Waals surface area contributed by atoms with E-state index >= 15 is 0 Å². The van der Waals surface area contributed by atoms with E-state index in [2.05, 4.69) is 31.3 Å². The molecule has 0 aliphatic rings. The molecular weight excluding hydrogens is 743 g/mol. The number of carbonyl (C=O) groups excluding carboxylic acids is 2. The summed E-state index contributed by atoms with van der Waals surface area (Å²) < 4.78 is 5.47. The second-order valence-corrected chi connectivity index (χ2v) is 18.2. The van der Waals surface area contributed by atoms with Crippen LogP contribution in [0.5, 0.6) is 0 Å². The van der Waals surface area contributed by atoms with Gasteiger partial charge in [-0.2, -0.15) is 0 Å². The Kier molecular flexibility index (Phi) is 48.6. The second-order valence-electron chi connectivity index (χ2n) is 18.2. The molecular formula is C54H103NO5. The third kappa shape index (κ3) is 45.9. The SMILES string of the molecule is CCCCCCCCC/C=C/C(O)C(CO)NC(=O)CCCCCCCCC/C=C\CCCCCCOC(=O)CCCCCCCCCCCCCCCCCCCCC. The smallest absolute Gasteiger partial charge is 0.305 e. The van der Waals surface area contributed by atoms with Crippen molar-refractivity contribution < 1.29 is 24.5 Å². The summed E-state index contributed by atoms with van der Waals surface area (Å²) in [5.41, 5.74) is 0. The summed E-state index contributed by atoms with van der Waals surface area (Å²) in [6, 6.07) is -0.636. The van der Waals surface area contributed by atoms with Crippen LogP contribution in [-0.4, -0.2) is 47.4 Å². The molecule has 0 bridgehead atoms. The highest BCUT2D eigenvalue weighted by atomic mass is 16.5. The van der Waals surface area contributed by atoms with Crippen LogP contribution in [0.15, 0.2) is 24.3 Å². The fraction of sp³-hybridized carbons (Fsp3) is 0.889. The minimum absolute atomic E-state index is 0.00708. The Balaban J connectivity index is 3.43. The van der Waals surface area contributed by atoms with E-state index < -0.39 is 12.1 Å². The van der Waals surface area contributed by atoms with Gasteiger partial charge in [0.15, 0.2) is 0 Å². The van der Waals surface area contributed by atoms with Crippen molar-refractivity contribution in [3.63, 3.8) is 0 Å². The molecule has 0 aromatic heterocycles. The fourth-order valence-corrected chi connectivity index (χ4v) is 8.10. The summed E-state index contributed by atoms with van der Waals surface area (Å²) in [5, 5.41) is 22.9. The number of allylic oxidation sites excluding steroid dienone is 3. The summed E-state index contributed by atoms with van der Waals surface area (Å²) in [7, 11) is 0. The molecule has 6 heteroatoms. The minimum Gasteiger partial charge on any atom is -0.466 e. The summed E-state index contributed by atoms with van der Waals surface area (Å²) in [5.74, 6) is -0.0929. The number of esters is 1. The van der Waals surface area contributed by atoms with Gasteiger partial charge in [-0.05, 0) is 57.8 Å². The molecule has 0 saturated heterocycles. The van der Waals surface area contributed by atoms with Crippen LogP contribution in [-0.2, 0) is 14.3 Å². The van der Waals surface area contributed by atoms with Gasteiger partial charge >= 0.3 is 5.97 Å². The summed E-state index contributed by atoms with van der Waals surface area (Å²) in [6.07, 6.45) is 59.1. The molecule has 3 N–H and O–H groups in total. The third-order valence-corrected chi connectivity index (χ3v) is 12.2. The van der Waals surface area contributed by atoms with E-state index in [4.69, 9.17) is 4.74 Å². The molecule has 0 aromatic rings. The zero-order valence-corrected chi connectivity index (χ0v) is 40.2. The van der Waals surface area contributed by atoms with Crippen LogP contribution in [0.2, 0.25) is 0 Å². The van der Waals surface area contributed by atoms with Crippen molar-refractivity contribution >= 4 is 11.9 Å². The molecule has 354 valence electrons. The predicted molar refractivity (Wildman–Crippen MR) is 260 cm³/mol. The van der Waals surface area contributed by atoms with Crippen LogP contribution in [0.25, 0.3) is 0 Å². The summed E-state index contributed by atoms with van der Waals surface area (Å²) in [6.45, 7) is 4.85. The average molecular weight is 846 g/mol. The number of rotatable bonds is 49. The monoisotopic (exact) mass is 846 g/mol. The summed E-state index contributed by atoms with van der Waals surface area (Å²) in [4.78, 5) is 24.4. The van der Waals surface area contributed by atoms with Crippen molar-refractivity contribution in [3.8, 4) is 0 Å². The van der Waals surface area contributed by atoms with Crippen molar-refractivity contribution in [2.45, 2.75) is 296 Å². The van der Waals surface area contributed by atoms with Gasteiger partial charge in [0.25, 0.3) is 0 Å². The lowest BCUT2D eigenvalue weighted by molar-refractivity contribution is -0.143. The highest BCUT2D eigenvalue weighted by molar-refractivity contribution is 5.76. The highest BCUT2D eigenvalue weighted by Crippen LogP contribution is 2.16. The average Bonchev–Trinajstić information content (AvgIpc) is 3.25. The maximum absolute atomic E-state index is 12.4. The van der Waals surface area contributed by atoms with Crippen LogP contribution in [0.3, 0.4) is 0 Å². The fourth-order valence-electron chi connectivity index (χ4n) is 8.10. The number of amides is 1. The second kappa shape index (κ2) is 50.0. The van der Waals surface area contributed by atoms with Crippen LogP contribution >= 0.6 is 0 Å². The Morgan fingerprint density at radius 1 is 0.450 bits per heavy atom. The number of aliphatic hydroxyl groups is 2. The van der Waals surface area contributed by atoms with Crippen molar-refractivity contribution in [1.29, 1.82) is 0 Å². The van der Waals surface area contributed by atoms with Crippen LogP contribution in [0, 0.1) is 0 Å². The first-order valence-electron chi connectivity index (χ1n) is 26.6. The largest absolute Gasteiger partial charge is 0.466 e. The molecule has 0 radical (unpaired) electrons. The Morgan fingerprint density at radius 3 is 1.18 bits per heavy atom. The highest BCUT2D eigenvalue weighted by Gasteiger charge is 2.18. The van der Waals surface area contributed by atoms with Gasteiger partial charge in [0, 0.05) is 12.8 Å². The lowest BCUT2D eigenvalue weighted by atomic mass is 10.0. The minimum atomic E-state index is -0.851. The molecule has 0 fully saturated rings. The normalized spacial score (nSPS) is 12.8. The van der Waals surface area contributed by atoms with Crippen molar-refractivity contribution in [1.82, 2.24) is 5.32 Å². The standard InChI is InChI=1S/C54H103NO5/c1-3-5-7-9-11-13-14-15-16-17-18-19-22-25-28-32-36-40-44-48-54(59)60-49-45-41-37-33-29-26-23-20-21-24-27-31-35-39-43-47-53(58)55-51(50-56)52(57)46-42-38-34-30-12-10-8-6-4-2/h23,26,42,46,51-52,56-57H,3-22,24-25,27-41,43-45,47-50H2,1-2H3,(H,55,58)/b26-23-,46-42+. The number of hydrogen-bond acceptors (Lipinski definition) is 5. The van der Waals surface area contributed by atoms with Crippen molar-refractivity contribution in [3.05, 3.63) is 24.3 Å². The van der Waals surface area contributed by atoms with E-state index in [1.54, 1.807) is 6.08 Å². The van der Waals surface area contributed by atoms with E-state index in [9.17, 15) is 19.8 Å². The number of nitrogens with one attached hydrogen (secondary N) is 1. The van der Waals surface area contributed by atoms with Crippen molar-refractivity contribution in [2.75, 3.05) is 13.2 Å². The van der Waals surface area contributed by atoms with E-state index in [0.717, 1.165) is 70.6 Å². The molecule has 0 aliphatic carbocycles. The van der Waals surface area contributed by atoms with E-state index in [0.29, 0.717) is 19.4 Å². The molecule has 0 rings (SSSR count). The first-order valence-corrected chi connectivity index (χ1v) is 26.6. The van der Waals surface area contributed by atoms with E-state index in [1.807, 2.05) is 6.08 Å². The maximum Gasteiger partial charge on any atom is 0.305 e. The molecule has 0 spiro atoms. The lowest BCUT2D eigenvalue weighted by Gasteiger charge is -2.20. The molecule has 0 heterocycles. The Hall–Kier alpha value is -1.66. The van der Waals surface area contributed by atoms with Gasteiger partial charge in [0.2, 0.25) is 5.91 Å². The molecule has 60 heavy (non-hydrogen) atoms. The number of carbonyl (C=O) groups is 2. The topological polar surface area (TPSA) is 95.9 Å². The molecule has 6 nitrogen and oxygen atoms in total. The maximum atomic E-state index is 12.4. The van der Waals surface area contributed by atoms with Gasteiger partial charge in [-0.1, -0.05) is 237 Å². The Bertz CT molecular complexity index is 935. The van der Waals surface area contributed by atoms with Gasteiger partial charge < -0.3 is 20.3 Å². The third-order valence-electron chi connectivity index (χ3n) is 12.2. The lowest BCUT2D eigenvalue weighted by Crippen LogP contribution is -2.45. The number of ether oxygens (including phenoxy) is 1.